The van der Waals surface area contributed by atoms with Crippen molar-refractivity contribution in [2.24, 2.45) is 0 Å². The van der Waals surface area contributed by atoms with Crippen LogP contribution in [0, 0.1) is 13.8 Å². The van der Waals surface area contributed by atoms with E-state index in [2.05, 4.69) is 47.2 Å². The second kappa shape index (κ2) is 7.66. The molecule has 1 aromatic heterocycles. The smallest absolute Gasteiger partial charge is 0.317 e. The predicted octanol–water partition coefficient (Wildman–Crippen LogP) is 2.83. The fraction of sp³-hybridized carbons (Fsp3) is 0.444. The molecular weight excluding hydrogens is 320 g/mol. The largest absolute Gasteiger partial charge is 0.368 e. The molecule has 0 unspecified atom stereocenters. The van der Waals surface area contributed by atoms with E-state index < -0.39 is 0 Å². The summed E-state index contributed by atoms with van der Waals surface area (Å²) in [5.74, 6) is 0. The van der Waals surface area contributed by atoms with Crippen LogP contribution in [-0.4, -0.2) is 48.6 Å². The summed E-state index contributed by atoms with van der Waals surface area (Å²) in [6.45, 7) is 8.23. The van der Waals surface area contributed by atoms with Crippen LogP contribution in [0.3, 0.4) is 0 Å². The van der Waals surface area contributed by atoms with Gasteiger partial charge in [-0.25, -0.2) is 9.78 Å². The lowest BCUT2D eigenvalue weighted by Gasteiger charge is -2.37. The van der Waals surface area contributed by atoms with E-state index in [1.165, 1.54) is 16.8 Å². The molecule has 2 amide bonds. The highest BCUT2D eigenvalue weighted by molar-refractivity contribution is 7.09. The van der Waals surface area contributed by atoms with E-state index in [-0.39, 0.29) is 6.03 Å². The molecule has 0 saturated carbocycles. The molecule has 1 N–H and O–H groups in total. The molecule has 1 fully saturated rings. The van der Waals surface area contributed by atoms with Gasteiger partial charge < -0.3 is 15.1 Å². The van der Waals surface area contributed by atoms with Crippen LogP contribution in [0.5, 0.6) is 0 Å². The van der Waals surface area contributed by atoms with Crippen molar-refractivity contribution in [3.8, 4) is 0 Å². The maximum absolute atomic E-state index is 12.3. The number of aromatic nitrogens is 1. The van der Waals surface area contributed by atoms with E-state index in [0.717, 1.165) is 37.6 Å². The number of carbonyl (C=O) groups is 1. The molecular formula is C18H24N4OS. The number of aryl methyl sites for hydroxylation is 1. The Bertz CT molecular complexity index is 678. The summed E-state index contributed by atoms with van der Waals surface area (Å²) >= 11 is 1.63. The Morgan fingerprint density at radius 3 is 2.75 bits per heavy atom. The Morgan fingerprint density at radius 1 is 1.25 bits per heavy atom. The lowest BCUT2D eigenvalue weighted by molar-refractivity contribution is 0.194. The molecule has 0 atom stereocenters. The molecule has 0 spiro atoms. The van der Waals surface area contributed by atoms with Crippen LogP contribution in [0.2, 0.25) is 0 Å². The zero-order valence-corrected chi connectivity index (χ0v) is 15.1. The highest BCUT2D eigenvalue weighted by Gasteiger charge is 2.22. The lowest BCUT2D eigenvalue weighted by atomic mass is 10.1. The first-order chi connectivity index (χ1) is 11.6. The third kappa shape index (κ3) is 3.87. The van der Waals surface area contributed by atoms with Gasteiger partial charge in [0.25, 0.3) is 0 Å². The number of hydrogen-bond acceptors (Lipinski definition) is 4. The summed E-state index contributed by atoms with van der Waals surface area (Å²) in [7, 11) is 0. The maximum Gasteiger partial charge on any atom is 0.317 e. The molecule has 2 aromatic rings. The Hall–Kier alpha value is -2.08. The molecule has 1 aromatic carbocycles. The molecule has 0 aliphatic carbocycles. The average Bonchev–Trinajstić information content (AvgIpc) is 3.11. The fourth-order valence-corrected chi connectivity index (χ4v) is 3.61. The number of anilines is 1. The van der Waals surface area contributed by atoms with E-state index in [9.17, 15) is 4.79 Å². The second-order valence-electron chi connectivity index (χ2n) is 6.10. The van der Waals surface area contributed by atoms with Crippen molar-refractivity contribution < 1.29 is 4.79 Å². The zero-order chi connectivity index (χ0) is 16.9. The molecule has 2 heterocycles. The van der Waals surface area contributed by atoms with Crippen LogP contribution in [0.4, 0.5) is 10.5 Å². The van der Waals surface area contributed by atoms with Gasteiger partial charge in [-0.1, -0.05) is 12.1 Å². The van der Waals surface area contributed by atoms with Crippen molar-refractivity contribution in [1.29, 1.82) is 0 Å². The summed E-state index contributed by atoms with van der Waals surface area (Å²) in [5, 5.41) is 6.03. The molecule has 3 rings (SSSR count). The molecule has 1 aliphatic heterocycles. The molecule has 128 valence electrons. The van der Waals surface area contributed by atoms with Crippen LogP contribution >= 0.6 is 11.3 Å². The number of thiazole rings is 1. The number of amides is 2. The minimum atomic E-state index is 0.0344. The van der Waals surface area contributed by atoms with Crippen LogP contribution in [0.15, 0.2) is 29.8 Å². The number of rotatable bonds is 4. The summed E-state index contributed by atoms with van der Waals surface area (Å²) in [5.41, 5.74) is 3.94. The van der Waals surface area contributed by atoms with Gasteiger partial charge in [0.1, 0.15) is 0 Å². The topological polar surface area (TPSA) is 48.5 Å². The van der Waals surface area contributed by atoms with E-state index in [1.54, 1.807) is 17.5 Å². The highest BCUT2D eigenvalue weighted by atomic mass is 32.1. The Morgan fingerprint density at radius 2 is 2.04 bits per heavy atom. The van der Waals surface area contributed by atoms with Gasteiger partial charge in [-0.2, -0.15) is 0 Å². The normalized spacial score (nSPS) is 14.8. The van der Waals surface area contributed by atoms with Crippen LogP contribution in [0.25, 0.3) is 0 Å². The Labute approximate surface area is 147 Å². The number of carbonyl (C=O) groups excluding carboxylic acids is 1. The van der Waals surface area contributed by atoms with Crippen LogP contribution < -0.4 is 10.2 Å². The van der Waals surface area contributed by atoms with Crippen molar-refractivity contribution >= 4 is 23.1 Å². The van der Waals surface area contributed by atoms with Crippen LogP contribution in [0.1, 0.15) is 16.1 Å². The van der Waals surface area contributed by atoms with E-state index >= 15 is 0 Å². The van der Waals surface area contributed by atoms with E-state index in [1.807, 2.05) is 10.3 Å². The Balaban J connectivity index is 1.47. The predicted molar refractivity (Wildman–Crippen MR) is 98.9 cm³/mol. The van der Waals surface area contributed by atoms with Gasteiger partial charge in [0.05, 0.1) is 5.01 Å². The molecule has 1 aliphatic rings. The van der Waals surface area contributed by atoms with Crippen LogP contribution in [-0.2, 0) is 6.42 Å². The van der Waals surface area contributed by atoms with Gasteiger partial charge in [0.15, 0.2) is 0 Å². The average molecular weight is 344 g/mol. The monoisotopic (exact) mass is 344 g/mol. The standard InChI is InChI=1S/C18H24N4OS/c1-14-4-3-5-16(15(14)2)21-9-11-22(12-10-21)18(23)20-7-6-17-19-8-13-24-17/h3-5,8,13H,6-7,9-12H2,1-2H3,(H,20,23). The third-order valence-corrected chi connectivity index (χ3v) is 5.42. The highest BCUT2D eigenvalue weighted by Crippen LogP contribution is 2.23. The van der Waals surface area contributed by atoms with Gasteiger partial charge in [0.2, 0.25) is 0 Å². The molecule has 5 nitrogen and oxygen atoms in total. The molecule has 0 radical (unpaired) electrons. The minimum Gasteiger partial charge on any atom is -0.368 e. The molecule has 6 heteroatoms. The van der Waals surface area contributed by atoms with E-state index in [4.69, 9.17) is 0 Å². The van der Waals surface area contributed by atoms with Crippen molar-refractivity contribution in [2.75, 3.05) is 37.6 Å². The molecule has 24 heavy (non-hydrogen) atoms. The minimum absolute atomic E-state index is 0.0344. The quantitative estimate of drug-likeness (QED) is 0.928. The Kier molecular flexibility index (Phi) is 5.35. The molecule has 1 saturated heterocycles. The summed E-state index contributed by atoms with van der Waals surface area (Å²) < 4.78 is 0. The van der Waals surface area contributed by atoms with Gasteiger partial charge >= 0.3 is 6.03 Å². The second-order valence-corrected chi connectivity index (χ2v) is 7.08. The van der Waals surface area contributed by atoms with E-state index in [0.29, 0.717) is 6.54 Å². The number of nitrogens with one attached hydrogen (secondary N) is 1. The number of hydrogen-bond donors (Lipinski definition) is 1. The maximum atomic E-state index is 12.3. The van der Waals surface area contributed by atoms with Crippen molar-refractivity contribution in [2.45, 2.75) is 20.3 Å². The SMILES string of the molecule is Cc1cccc(N2CCN(C(=O)NCCc3nccs3)CC2)c1C. The van der Waals surface area contributed by atoms with Crippen molar-refractivity contribution in [3.05, 3.63) is 45.9 Å². The van der Waals surface area contributed by atoms with Gasteiger partial charge in [-0.3, -0.25) is 0 Å². The van der Waals surface area contributed by atoms with Crippen molar-refractivity contribution in [3.63, 3.8) is 0 Å². The van der Waals surface area contributed by atoms with Gasteiger partial charge in [-0.05, 0) is 31.0 Å². The molecule has 0 bridgehead atoms. The number of benzene rings is 1. The lowest BCUT2D eigenvalue weighted by Crippen LogP contribution is -2.52. The van der Waals surface area contributed by atoms with Crippen molar-refractivity contribution in [1.82, 2.24) is 15.2 Å². The summed E-state index contributed by atoms with van der Waals surface area (Å²) in [6.07, 6.45) is 2.60. The fourth-order valence-electron chi connectivity index (χ4n) is 2.99. The van der Waals surface area contributed by atoms with Gasteiger partial charge in [-0.15, -0.1) is 11.3 Å². The zero-order valence-electron chi connectivity index (χ0n) is 14.3. The first kappa shape index (κ1) is 16.8. The van der Waals surface area contributed by atoms with Gasteiger partial charge in [0, 0.05) is 56.4 Å². The summed E-state index contributed by atoms with van der Waals surface area (Å²) in [6, 6.07) is 6.46. The number of piperazine rings is 1. The number of nitrogens with zero attached hydrogens (tertiary/aromatic N) is 3. The first-order valence-corrected chi connectivity index (χ1v) is 9.25. The first-order valence-electron chi connectivity index (χ1n) is 8.37. The third-order valence-electron chi connectivity index (χ3n) is 4.58. The number of urea groups is 1. The summed E-state index contributed by atoms with van der Waals surface area (Å²) in [4.78, 5) is 20.8.